The van der Waals surface area contributed by atoms with E-state index in [1.54, 1.807) is 30.6 Å². The highest BCUT2D eigenvalue weighted by atomic mass is 19.1. The monoisotopic (exact) mass is 327 g/mol. The summed E-state index contributed by atoms with van der Waals surface area (Å²) in [6.45, 7) is -0.213. The van der Waals surface area contributed by atoms with E-state index < -0.39 is 18.3 Å². The van der Waals surface area contributed by atoms with Crippen molar-refractivity contribution < 1.29 is 18.8 Å². The van der Waals surface area contributed by atoms with E-state index in [4.69, 9.17) is 9.63 Å². The molecule has 2 heterocycles. The first kappa shape index (κ1) is 15.8. The smallest absolute Gasteiger partial charge is 0.273 e. The Kier molecular flexibility index (Phi) is 4.62. The van der Waals surface area contributed by atoms with Gasteiger partial charge in [-0.3, -0.25) is 9.78 Å². The molecule has 2 aromatic heterocycles. The number of carbonyl (C=O) groups excluding carboxylic acids is 1. The van der Waals surface area contributed by atoms with Gasteiger partial charge in [0.15, 0.2) is 11.5 Å². The second-order valence-corrected chi connectivity index (χ2v) is 5.08. The Hall–Kier alpha value is -3.06. The van der Waals surface area contributed by atoms with Crippen molar-refractivity contribution in [2.75, 3.05) is 0 Å². The third-order valence-corrected chi connectivity index (χ3v) is 3.44. The summed E-state index contributed by atoms with van der Waals surface area (Å²) in [5.41, 5.74) is 1.77. The van der Waals surface area contributed by atoms with E-state index in [1.165, 1.54) is 18.2 Å². The van der Waals surface area contributed by atoms with Gasteiger partial charge in [-0.25, -0.2) is 4.39 Å². The summed E-state index contributed by atoms with van der Waals surface area (Å²) in [6.07, 6.45) is 3.23. The molecule has 0 aliphatic heterocycles. The molecular formula is C17H14FN3O3. The van der Waals surface area contributed by atoms with E-state index in [2.05, 4.69) is 15.5 Å². The molecular weight excluding hydrogens is 313 g/mol. The Labute approximate surface area is 136 Å². The number of hydrogen-bond acceptors (Lipinski definition) is 5. The maximum absolute atomic E-state index is 13.3. The summed E-state index contributed by atoms with van der Waals surface area (Å²) in [4.78, 5) is 16.0. The normalized spacial score (nSPS) is 10.6. The van der Waals surface area contributed by atoms with Crippen LogP contribution in [0.2, 0.25) is 0 Å². The molecule has 0 aliphatic rings. The molecule has 0 aliphatic carbocycles. The second-order valence-electron chi connectivity index (χ2n) is 5.08. The van der Waals surface area contributed by atoms with E-state index in [0.29, 0.717) is 11.3 Å². The van der Waals surface area contributed by atoms with Crippen LogP contribution >= 0.6 is 0 Å². The van der Waals surface area contributed by atoms with Gasteiger partial charge in [0.05, 0.1) is 6.61 Å². The summed E-state index contributed by atoms with van der Waals surface area (Å²) in [5, 5.41) is 15.5. The summed E-state index contributed by atoms with van der Waals surface area (Å²) < 4.78 is 18.5. The van der Waals surface area contributed by atoms with Crippen molar-refractivity contribution in [2.45, 2.75) is 13.2 Å². The third-order valence-electron chi connectivity index (χ3n) is 3.44. The Morgan fingerprint density at radius 3 is 2.75 bits per heavy atom. The lowest BCUT2D eigenvalue weighted by atomic mass is 10.1. The summed E-state index contributed by atoms with van der Waals surface area (Å²) in [6, 6.07) is 9.33. The van der Waals surface area contributed by atoms with Gasteiger partial charge < -0.3 is 14.9 Å². The molecule has 7 heteroatoms. The Balaban J connectivity index is 1.67. The highest BCUT2D eigenvalue weighted by Gasteiger charge is 2.13. The predicted molar refractivity (Wildman–Crippen MR) is 83.2 cm³/mol. The van der Waals surface area contributed by atoms with Crippen molar-refractivity contribution >= 4 is 5.91 Å². The minimum absolute atomic E-state index is 0.145. The van der Waals surface area contributed by atoms with Crippen LogP contribution in [0.1, 0.15) is 21.6 Å². The Bertz CT molecular complexity index is 849. The van der Waals surface area contributed by atoms with Crippen LogP contribution in [0.3, 0.4) is 0 Å². The molecule has 2 N–H and O–H groups in total. The number of amides is 1. The van der Waals surface area contributed by atoms with E-state index in [0.717, 1.165) is 5.56 Å². The number of pyridine rings is 1. The van der Waals surface area contributed by atoms with Gasteiger partial charge >= 0.3 is 0 Å². The molecule has 0 radical (unpaired) electrons. The third kappa shape index (κ3) is 3.47. The molecule has 0 saturated heterocycles. The fraction of sp³-hybridized carbons (Fsp3) is 0.118. The number of aliphatic hydroxyl groups is 1. The number of halogens is 1. The first-order valence-electron chi connectivity index (χ1n) is 7.21. The van der Waals surface area contributed by atoms with Crippen LogP contribution in [0.25, 0.3) is 11.3 Å². The lowest BCUT2D eigenvalue weighted by molar-refractivity contribution is 0.0942. The fourth-order valence-corrected chi connectivity index (χ4v) is 2.17. The van der Waals surface area contributed by atoms with Crippen LogP contribution in [0.4, 0.5) is 4.39 Å². The molecule has 24 heavy (non-hydrogen) atoms. The molecule has 3 rings (SSSR count). The van der Waals surface area contributed by atoms with Crippen LogP contribution in [0.15, 0.2) is 53.3 Å². The van der Waals surface area contributed by atoms with Crippen molar-refractivity contribution in [2.24, 2.45) is 0 Å². The van der Waals surface area contributed by atoms with Crippen LogP contribution in [-0.4, -0.2) is 21.2 Å². The zero-order valence-corrected chi connectivity index (χ0v) is 12.6. The lowest BCUT2D eigenvalue weighted by Crippen LogP contribution is -2.23. The lowest BCUT2D eigenvalue weighted by Gasteiger charge is -2.05. The van der Waals surface area contributed by atoms with Gasteiger partial charge in [-0.05, 0) is 29.8 Å². The number of benzene rings is 1. The molecule has 122 valence electrons. The molecule has 0 spiro atoms. The number of carbonyl (C=O) groups is 1. The SMILES string of the molecule is O=C(NCc1ccc(F)c(CO)c1)c1cc(-c2ccncc2)on1. The molecule has 0 atom stereocenters. The van der Waals surface area contributed by atoms with Gasteiger partial charge in [0.25, 0.3) is 5.91 Å². The van der Waals surface area contributed by atoms with Crippen LogP contribution in [0.5, 0.6) is 0 Å². The zero-order valence-electron chi connectivity index (χ0n) is 12.6. The summed E-state index contributed by atoms with van der Waals surface area (Å²) in [5.74, 6) is -0.424. The average Bonchev–Trinajstić information content (AvgIpc) is 3.12. The van der Waals surface area contributed by atoms with Crippen LogP contribution in [0, 0.1) is 5.82 Å². The van der Waals surface area contributed by atoms with Crippen LogP contribution < -0.4 is 5.32 Å². The quantitative estimate of drug-likeness (QED) is 0.751. The summed E-state index contributed by atoms with van der Waals surface area (Å²) >= 11 is 0. The van der Waals surface area contributed by atoms with Crippen molar-refractivity contribution in [1.29, 1.82) is 0 Å². The van der Waals surface area contributed by atoms with E-state index in [1.807, 2.05) is 0 Å². The van der Waals surface area contributed by atoms with Gasteiger partial charge in [-0.2, -0.15) is 0 Å². The summed E-state index contributed by atoms with van der Waals surface area (Å²) in [7, 11) is 0. The van der Waals surface area contributed by atoms with E-state index >= 15 is 0 Å². The minimum Gasteiger partial charge on any atom is -0.392 e. The maximum Gasteiger partial charge on any atom is 0.273 e. The largest absolute Gasteiger partial charge is 0.392 e. The van der Waals surface area contributed by atoms with Gasteiger partial charge in [0.1, 0.15) is 5.82 Å². The Morgan fingerprint density at radius 1 is 1.21 bits per heavy atom. The number of nitrogens with one attached hydrogen (secondary N) is 1. The number of aliphatic hydroxyl groups excluding tert-OH is 1. The molecule has 1 aromatic carbocycles. The van der Waals surface area contributed by atoms with Gasteiger partial charge in [0, 0.05) is 36.1 Å². The average molecular weight is 327 g/mol. The number of rotatable bonds is 5. The molecule has 0 fully saturated rings. The molecule has 1 amide bonds. The van der Waals surface area contributed by atoms with Gasteiger partial charge in [0.2, 0.25) is 0 Å². The first-order valence-corrected chi connectivity index (χ1v) is 7.21. The number of aromatic nitrogens is 2. The van der Waals surface area contributed by atoms with Crippen molar-refractivity contribution in [1.82, 2.24) is 15.5 Å². The topological polar surface area (TPSA) is 88.2 Å². The van der Waals surface area contributed by atoms with Crippen LogP contribution in [-0.2, 0) is 13.2 Å². The van der Waals surface area contributed by atoms with E-state index in [-0.39, 0.29) is 17.8 Å². The highest BCUT2D eigenvalue weighted by Crippen LogP contribution is 2.19. The Morgan fingerprint density at radius 2 is 2.00 bits per heavy atom. The van der Waals surface area contributed by atoms with Crippen molar-refractivity contribution in [3.8, 4) is 11.3 Å². The van der Waals surface area contributed by atoms with E-state index in [9.17, 15) is 9.18 Å². The highest BCUT2D eigenvalue weighted by molar-refractivity contribution is 5.93. The molecule has 0 unspecified atom stereocenters. The predicted octanol–water partition coefficient (Wildman–Crippen LogP) is 2.30. The molecule has 6 nitrogen and oxygen atoms in total. The fourth-order valence-electron chi connectivity index (χ4n) is 2.17. The van der Waals surface area contributed by atoms with Crippen molar-refractivity contribution in [3.05, 3.63) is 71.4 Å². The molecule has 0 bridgehead atoms. The number of nitrogens with zero attached hydrogens (tertiary/aromatic N) is 2. The zero-order chi connectivity index (χ0) is 16.9. The standard InChI is InChI=1S/C17H14FN3O3/c18-14-2-1-11(7-13(14)10-22)9-20-17(23)15-8-16(24-21-15)12-3-5-19-6-4-12/h1-8,22H,9-10H2,(H,20,23). The molecule has 0 saturated carbocycles. The second kappa shape index (κ2) is 7.01. The van der Waals surface area contributed by atoms with Gasteiger partial charge in [-0.1, -0.05) is 11.2 Å². The number of hydrogen-bond donors (Lipinski definition) is 2. The first-order chi connectivity index (χ1) is 11.7. The maximum atomic E-state index is 13.3. The van der Waals surface area contributed by atoms with Crippen molar-refractivity contribution in [3.63, 3.8) is 0 Å². The van der Waals surface area contributed by atoms with Gasteiger partial charge in [-0.15, -0.1) is 0 Å². The molecule has 3 aromatic rings. The minimum atomic E-state index is -0.480.